The number of benzene rings is 2. The first-order chi connectivity index (χ1) is 11.8. The molecular weight excluding hydrogens is 333 g/mol. The van der Waals surface area contributed by atoms with E-state index in [1.54, 1.807) is 31.2 Å². The highest BCUT2D eigenvalue weighted by Crippen LogP contribution is 2.33. The van der Waals surface area contributed by atoms with Crippen LogP contribution in [-0.4, -0.2) is 7.11 Å². The minimum Gasteiger partial charge on any atom is -0.497 e. The molecular formula is C19H15F3O3. The Morgan fingerprint density at radius 1 is 1.04 bits per heavy atom. The smallest absolute Gasteiger partial charge is 0.416 e. The van der Waals surface area contributed by atoms with Crippen LogP contribution in [0.2, 0.25) is 0 Å². The summed E-state index contributed by atoms with van der Waals surface area (Å²) >= 11 is 0. The Balaban J connectivity index is 2.19. The zero-order valence-corrected chi connectivity index (χ0v) is 13.6. The van der Waals surface area contributed by atoms with Crippen LogP contribution >= 0.6 is 0 Å². The predicted molar refractivity (Wildman–Crippen MR) is 88.9 cm³/mol. The summed E-state index contributed by atoms with van der Waals surface area (Å²) in [6.07, 6.45) is -4.06. The zero-order chi connectivity index (χ0) is 18.2. The first kappa shape index (κ1) is 17.1. The van der Waals surface area contributed by atoms with Gasteiger partial charge in [-0.15, -0.1) is 0 Å². The number of ether oxygens (including phenoxy) is 1. The van der Waals surface area contributed by atoms with E-state index in [4.69, 9.17) is 9.15 Å². The van der Waals surface area contributed by atoms with Crippen molar-refractivity contribution in [1.82, 2.24) is 0 Å². The monoisotopic (exact) mass is 348 g/mol. The highest BCUT2D eigenvalue weighted by atomic mass is 19.4. The summed E-state index contributed by atoms with van der Waals surface area (Å²) in [5.41, 5.74) is 0.150. The van der Waals surface area contributed by atoms with Crippen LogP contribution in [0.15, 0.2) is 51.7 Å². The van der Waals surface area contributed by atoms with E-state index in [0.717, 1.165) is 12.1 Å². The van der Waals surface area contributed by atoms with Crippen molar-refractivity contribution in [3.63, 3.8) is 0 Å². The Hall–Kier alpha value is -2.76. The van der Waals surface area contributed by atoms with Gasteiger partial charge in [-0.25, -0.2) is 4.79 Å². The van der Waals surface area contributed by atoms with E-state index >= 15 is 0 Å². The minimum atomic E-state index is -4.42. The van der Waals surface area contributed by atoms with Crippen LogP contribution in [0.1, 0.15) is 18.1 Å². The maximum atomic E-state index is 12.9. The van der Waals surface area contributed by atoms with Crippen molar-refractivity contribution in [2.45, 2.75) is 19.5 Å². The molecule has 0 radical (unpaired) electrons. The molecule has 1 aromatic heterocycles. The van der Waals surface area contributed by atoms with Crippen LogP contribution in [0.4, 0.5) is 13.2 Å². The Kier molecular flexibility index (Phi) is 4.29. The molecule has 3 nitrogen and oxygen atoms in total. The van der Waals surface area contributed by atoms with Gasteiger partial charge in [0, 0.05) is 11.5 Å². The second kappa shape index (κ2) is 6.27. The van der Waals surface area contributed by atoms with Crippen molar-refractivity contribution in [2.75, 3.05) is 7.11 Å². The number of rotatable bonds is 3. The normalized spacial score (nSPS) is 11.7. The molecule has 25 heavy (non-hydrogen) atoms. The lowest BCUT2D eigenvalue weighted by Crippen LogP contribution is -2.08. The van der Waals surface area contributed by atoms with E-state index in [1.165, 1.54) is 13.2 Å². The van der Waals surface area contributed by atoms with Gasteiger partial charge in [-0.05, 0) is 47.9 Å². The Labute approximate surface area is 141 Å². The van der Waals surface area contributed by atoms with Crippen LogP contribution in [-0.2, 0) is 12.6 Å². The van der Waals surface area contributed by atoms with Gasteiger partial charge in [0.1, 0.15) is 11.3 Å². The number of halogens is 3. The molecule has 3 rings (SSSR count). The first-order valence-electron chi connectivity index (χ1n) is 7.66. The number of alkyl halides is 3. The molecule has 6 heteroatoms. The quantitative estimate of drug-likeness (QED) is 0.622. The number of hydrogen-bond donors (Lipinski definition) is 0. The van der Waals surface area contributed by atoms with Gasteiger partial charge < -0.3 is 9.15 Å². The molecule has 0 unspecified atom stereocenters. The molecule has 0 aliphatic heterocycles. The average molecular weight is 348 g/mol. The zero-order valence-electron chi connectivity index (χ0n) is 13.6. The minimum absolute atomic E-state index is 0.239. The predicted octanol–water partition coefficient (Wildman–Crippen LogP) is 5.05. The Morgan fingerprint density at radius 2 is 1.80 bits per heavy atom. The first-order valence-corrected chi connectivity index (χ1v) is 7.66. The molecule has 2 aromatic carbocycles. The number of methoxy groups -OCH3 is 1. The summed E-state index contributed by atoms with van der Waals surface area (Å²) in [5, 5.41) is 0.664. The van der Waals surface area contributed by atoms with Crippen LogP contribution in [0.3, 0.4) is 0 Å². The third-order valence-electron chi connectivity index (χ3n) is 4.05. The van der Waals surface area contributed by atoms with Gasteiger partial charge in [0.15, 0.2) is 0 Å². The van der Waals surface area contributed by atoms with E-state index in [0.29, 0.717) is 34.3 Å². The molecule has 0 fully saturated rings. The van der Waals surface area contributed by atoms with E-state index in [-0.39, 0.29) is 5.56 Å². The summed E-state index contributed by atoms with van der Waals surface area (Å²) in [6, 6.07) is 10.1. The van der Waals surface area contributed by atoms with Crippen LogP contribution in [0.25, 0.3) is 22.1 Å². The second-order valence-electron chi connectivity index (χ2n) is 5.57. The lowest BCUT2D eigenvalue weighted by molar-refractivity contribution is -0.137. The second-order valence-corrected chi connectivity index (χ2v) is 5.57. The molecule has 0 saturated carbocycles. The van der Waals surface area contributed by atoms with Crippen LogP contribution < -0.4 is 10.4 Å². The van der Waals surface area contributed by atoms with Gasteiger partial charge in [0.25, 0.3) is 0 Å². The van der Waals surface area contributed by atoms with Gasteiger partial charge >= 0.3 is 11.8 Å². The number of fused-ring (bicyclic) bond motifs is 1. The molecule has 0 bridgehead atoms. The van der Waals surface area contributed by atoms with Crippen molar-refractivity contribution in [1.29, 1.82) is 0 Å². The fraction of sp³-hybridized carbons (Fsp3) is 0.211. The number of aryl methyl sites for hydroxylation is 1. The van der Waals surface area contributed by atoms with Crippen molar-refractivity contribution in [3.05, 3.63) is 64.0 Å². The number of hydrogen-bond acceptors (Lipinski definition) is 3. The van der Waals surface area contributed by atoms with Gasteiger partial charge in [0.05, 0.1) is 18.2 Å². The highest BCUT2D eigenvalue weighted by molar-refractivity contribution is 5.83. The van der Waals surface area contributed by atoms with Crippen LogP contribution in [0.5, 0.6) is 5.75 Å². The third-order valence-corrected chi connectivity index (χ3v) is 4.05. The van der Waals surface area contributed by atoms with Crippen LogP contribution in [0, 0.1) is 0 Å². The topological polar surface area (TPSA) is 39.4 Å². The van der Waals surface area contributed by atoms with Crippen molar-refractivity contribution in [2.24, 2.45) is 0 Å². The van der Waals surface area contributed by atoms with Crippen molar-refractivity contribution < 1.29 is 22.3 Å². The van der Waals surface area contributed by atoms with E-state index in [1.807, 2.05) is 0 Å². The van der Waals surface area contributed by atoms with Gasteiger partial charge in [-0.3, -0.25) is 0 Å². The Bertz CT molecular complexity index is 987. The molecule has 0 N–H and O–H groups in total. The molecule has 0 spiro atoms. The highest BCUT2D eigenvalue weighted by Gasteiger charge is 2.31. The molecule has 0 atom stereocenters. The molecule has 130 valence electrons. The van der Waals surface area contributed by atoms with E-state index < -0.39 is 17.4 Å². The maximum absolute atomic E-state index is 12.9. The summed E-state index contributed by atoms with van der Waals surface area (Å²) in [6.45, 7) is 1.74. The largest absolute Gasteiger partial charge is 0.497 e. The molecule has 3 aromatic rings. The van der Waals surface area contributed by atoms with Gasteiger partial charge in [-0.1, -0.05) is 13.0 Å². The Morgan fingerprint density at radius 3 is 2.44 bits per heavy atom. The fourth-order valence-electron chi connectivity index (χ4n) is 2.73. The molecule has 1 heterocycles. The SMILES string of the molecule is CCc1cc(C(F)(F)F)ccc1-c1cc2ccc(OC)cc2oc1=O. The summed E-state index contributed by atoms with van der Waals surface area (Å²) in [4.78, 5) is 12.4. The third kappa shape index (κ3) is 3.24. The molecule has 0 amide bonds. The summed E-state index contributed by atoms with van der Waals surface area (Å²) < 4.78 is 49.1. The lowest BCUT2D eigenvalue weighted by Gasteiger charge is -2.12. The van der Waals surface area contributed by atoms with Crippen molar-refractivity contribution in [3.8, 4) is 16.9 Å². The summed E-state index contributed by atoms with van der Waals surface area (Å²) in [7, 11) is 1.50. The molecule has 0 aliphatic rings. The van der Waals surface area contributed by atoms with Crippen molar-refractivity contribution >= 4 is 11.0 Å². The van der Waals surface area contributed by atoms with E-state index in [2.05, 4.69) is 0 Å². The fourth-order valence-corrected chi connectivity index (χ4v) is 2.73. The lowest BCUT2D eigenvalue weighted by atomic mass is 9.96. The average Bonchev–Trinajstić information content (AvgIpc) is 2.59. The molecule has 0 aliphatic carbocycles. The standard InChI is InChI=1S/C19H15F3O3/c1-3-11-8-13(19(20,21)22)5-7-15(11)16-9-12-4-6-14(24-2)10-17(12)25-18(16)23/h4-10H,3H2,1-2H3. The van der Waals surface area contributed by atoms with Gasteiger partial charge in [0.2, 0.25) is 0 Å². The molecule has 0 saturated heterocycles. The summed E-state index contributed by atoms with van der Waals surface area (Å²) in [5.74, 6) is 0.548. The van der Waals surface area contributed by atoms with Gasteiger partial charge in [-0.2, -0.15) is 13.2 Å². The maximum Gasteiger partial charge on any atom is 0.416 e. The van der Waals surface area contributed by atoms with E-state index in [9.17, 15) is 18.0 Å².